The zero-order valence-corrected chi connectivity index (χ0v) is 15.2. The molecule has 3 rings (SSSR count). The molecular weight excluding hydrogens is 340 g/mol. The standard InChI is InChI=1S/C18H24N2O4S/c1-23-17-8-3-4-10-18(17)25(21,22)19-14-15(16-9-7-13-24-16)20-11-5-2-6-12-20/h3-4,7-10,13,15,19H,2,5-6,11-12,14H2,1H3/p+1/t15-/m0/s1. The average Bonchev–Trinajstić information content (AvgIpc) is 3.17. The van der Waals surface area contributed by atoms with Crippen LogP contribution in [0.25, 0.3) is 0 Å². The second kappa shape index (κ2) is 8.03. The van der Waals surface area contributed by atoms with E-state index in [-0.39, 0.29) is 10.9 Å². The zero-order chi connectivity index (χ0) is 17.7. The number of hydrogen-bond donors (Lipinski definition) is 2. The number of ether oxygens (including phenoxy) is 1. The molecule has 0 saturated carbocycles. The molecule has 2 heterocycles. The van der Waals surface area contributed by atoms with Crippen LogP contribution < -0.4 is 14.4 Å². The fourth-order valence-electron chi connectivity index (χ4n) is 3.40. The summed E-state index contributed by atoms with van der Waals surface area (Å²) < 4.78 is 39.0. The average molecular weight is 365 g/mol. The third-order valence-corrected chi connectivity index (χ3v) is 6.17. The number of sulfonamides is 1. The van der Waals surface area contributed by atoms with E-state index in [0.29, 0.717) is 12.3 Å². The minimum Gasteiger partial charge on any atom is -0.495 e. The molecular formula is C18H25N2O4S+. The minimum absolute atomic E-state index is 0.0280. The molecule has 0 unspecified atom stereocenters. The van der Waals surface area contributed by atoms with E-state index < -0.39 is 10.0 Å². The summed E-state index contributed by atoms with van der Waals surface area (Å²) in [6.45, 7) is 2.35. The van der Waals surface area contributed by atoms with E-state index in [0.717, 1.165) is 31.7 Å². The van der Waals surface area contributed by atoms with Gasteiger partial charge >= 0.3 is 0 Å². The fourth-order valence-corrected chi connectivity index (χ4v) is 4.62. The van der Waals surface area contributed by atoms with Crippen LogP contribution in [0.3, 0.4) is 0 Å². The number of nitrogens with one attached hydrogen (secondary N) is 2. The van der Waals surface area contributed by atoms with Crippen LogP contribution in [0.1, 0.15) is 31.1 Å². The lowest BCUT2D eigenvalue weighted by Gasteiger charge is -2.30. The van der Waals surface area contributed by atoms with Crippen molar-refractivity contribution in [3.05, 3.63) is 48.4 Å². The summed E-state index contributed by atoms with van der Waals surface area (Å²) in [5.74, 6) is 1.16. The van der Waals surface area contributed by atoms with Gasteiger partial charge in [0.2, 0.25) is 10.0 Å². The molecule has 1 aromatic heterocycles. The first kappa shape index (κ1) is 18.0. The van der Waals surface area contributed by atoms with Crippen LogP contribution in [0.2, 0.25) is 0 Å². The molecule has 1 atom stereocenters. The molecule has 2 N–H and O–H groups in total. The minimum atomic E-state index is -3.66. The van der Waals surface area contributed by atoms with Gasteiger partial charge in [-0.05, 0) is 43.5 Å². The van der Waals surface area contributed by atoms with Crippen LogP contribution in [-0.4, -0.2) is 35.2 Å². The Hall–Kier alpha value is -1.83. The summed E-state index contributed by atoms with van der Waals surface area (Å²) >= 11 is 0. The number of benzene rings is 1. The first-order valence-electron chi connectivity index (χ1n) is 8.62. The third-order valence-electron chi connectivity index (χ3n) is 4.71. The molecule has 1 saturated heterocycles. The van der Waals surface area contributed by atoms with Gasteiger partial charge in [0, 0.05) is 0 Å². The van der Waals surface area contributed by atoms with Gasteiger partial charge in [0.1, 0.15) is 10.6 Å². The van der Waals surface area contributed by atoms with Crippen molar-refractivity contribution >= 4 is 10.0 Å². The van der Waals surface area contributed by atoms with Crippen LogP contribution in [0.15, 0.2) is 52.0 Å². The monoisotopic (exact) mass is 365 g/mol. The number of piperidine rings is 1. The molecule has 2 aromatic rings. The molecule has 0 aliphatic carbocycles. The maximum atomic E-state index is 12.7. The summed E-state index contributed by atoms with van der Waals surface area (Å²) in [4.78, 5) is 1.52. The smallest absolute Gasteiger partial charge is 0.244 e. The van der Waals surface area contributed by atoms with Gasteiger partial charge in [0.05, 0.1) is 33.0 Å². The lowest BCUT2D eigenvalue weighted by atomic mass is 10.1. The van der Waals surface area contributed by atoms with E-state index in [4.69, 9.17) is 9.15 Å². The van der Waals surface area contributed by atoms with Crippen LogP contribution in [0, 0.1) is 0 Å². The molecule has 25 heavy (non-hydrogen) atoms. The molecule has 0 amide bonds. The Morgan fingerprint density at radius 2 is 1.92 bits per heavy atom. The Morgan fingerprint density at radius 3 is 2.60 bits per heavy atom. The zero-order valence-electron chi connectivity index (χ0n) is 14.4. The number of furan rings is 1. The van der Waals surface area contributed by atoms with Crippen LogP contribution in [0.5, 0.6) is 5.75 Å². The van der Waals surface area contributed by atoms with Crippen LogP contribution >= 0.6 is 0 Å². The number of hydrogen-bond acceptors (Lipinski definition) is 4. The molecule has 7 heteroatoms. The van der Waals surface area contributed by atoms with Crippen LogP contribution in [-0.2, 0) is 10.0 Å². The molecule has 6 nitrogen and oxygen atoms in total. The highest BCUT2D eigenvalue weighted by Gasteiger charge is 2.30. The van der Waals surface area contributed by atoms with E-state index >= 15 is 0 Å². The van der Waals surface area contributed by atoms with E-state index in [2.05, 4.69) is 4.72 Å². The number of methoxy groups -OCH3 is 1. The molecule has 1 aliphatic rings. The second-order valence-corrected chi connectivity index (χ2v) is 8.03. The number of para-hydroxylation sites is 1. The molecule has 1 aromatic carbocycles. The van der Waals surface area contributed by atoms with E-state index in [9.17, 15) is 8.42 Å². The van der Waals surface area contributed by atoms with Gasteiger partial charge in [0.15, 0.2) is 11.8 Å². The van der Waals surface area contributed by atoms with Gasteiger partial charge in [-0.15, -0.1) is 0 Å². The Kier molecular flexibility index (Phi) is 5.78. The summed E-state index contributed by atoms with van der Waals surface area (Å²) in [6.07, 6.45) is 5.19. The quantitative estimate of drug-likeness (QED) is 0.777. The number of likely N-dealkylation sites (tertiary alicyclic amines) is 1. The van der Waals surface area contributed by atoms with Gasteiger partial charge in [-0.3, -0.25) is 0 Å². The van der Waals surface area contributed by atoms with Crippen molar-refractivity contribution in [1.82, 2.24) is 4.72 Å². The SMILES string of the molecule is COc1ccccc1S(=O)(=O)NC[C@@H](c1ccco1)[NH+]1CCCCC1. The highest BCUT2D eigenvalue weighted by atomic mass is 32.2. The predicted molar refractivity (Wildman–Crippen MR) is 94.2 cm³/mol. The largest absolute Gasteiger partial charge is 0.495 e. The Morgan fingerprint density at radius 1 is 1.16 bits per heavy atom. The lowest BCUT2D eigenvalue weighted by Crippen LogP contribution is -3.13. The third kappa shape index (κ3) is 4.23. The Bertz CT molecular complexity index is 768. The van der Waals surface area contributed by atoms with Crippen molar-refractivity contribution in [2.75, 3.05) is 26.7 Å². The first-order valence-corrected chi connectivity index (χ1v) is 10.1. The maximum Gasteiger partial charge on any atom is 0.244 e. The predicted octanol–water partition coefficient (Wildman–Crippen LogP) is 1.38. The number of rotatable bonds is 7. The lowest BCUT2D eigenvalue weighted by molar-refractivity contribution is -0.935. The van der Waals surface area contributed by atoms with Crippen molar-refractivity contribution in [2.24, 2.45) is 0 Å². The van der Waals surface area contributed by atoms with Gasteiger partial charge in [-0.1, -0.05) is 12.1 Å². The second-order valence-electron chi connectivity index (χ2n) is 6.29. The van der Waals surface area contributed by atoms with E-state index in [1.54, 1.807) is 30.5 Å². The molecule has 0 radical (unpaired) electrons. The molecule has 1 fully saturated rings. The van der Waals surface area contributed by atoms with Crippen LogP contribution in [0.4, 0.5) is 0 Å². The molecule has 0 bridgehead atoms. The Labute approximate surface area is 148 Å². The maximum absolute atomic E-state index is 12.7. The molecule has 136 valence electrons. The van der Waals surface area contributed by atoms with E-state index in [1.807, 2.05) is 12.1 Å². The topological polar surface area (TPSA) is 73.0 Å². The molecule has 1 aliphatic heterocycles. The highest BCUT2D eigenvalue weighted by molar-refractivity contribution is 7.89. The van der Waals surface area contributed by atoms with Gasteiger partial charge < -0.3 is 14.1 Å². The van der Waals surface area contributed by atoms with Crippen molar-refractivity contribution in [3.63, 3.8) is 0 Å². The van der Waals surface area contributed by atoms with Crippen molar-refractivity contribution < 1.29 is 22.5 Å². The van der Waals surface area contributed by atoms with Crippen molar-refractivity contribution in [3.8, 4) is 5.75 Å². The summed E-state index contributed by atoms with van der Waals surface area (Å²) in [5, 5.41) is 0. The summed E-state index contributed by atoms with van der Waals surface area (Å²) in [5.41, 5.74) is 0. The van der Waals surface area contributed by atoms with Gasteiger partial charge in [-0.25, -0.2) is 13.1 Å². The first-order chi connectivity index (χ1) is 12.1. The van der Waals surface area contributed by atoms with Gasteiger partial charge in [-0.2, -0.15) is 0 Å². The Balaban J connectivity index is 1.78. The highest BCUT2D eigenvalue weighted by Crippen LogP contribution is 2.23. The number of quaternary nitrogens is 1. The summed E-state index contributed by atoms with van der Waals surface area (Å²) in [6, 6.07) is 10.4. The van der Waals surface area contributed by atoms with Crippen molar-refractivity contribution in [1.29, 1.82) is 0 Å². The fraction of sp³-hybridized carbons (Fsp3) is 0.444. The normalized spacial score (nSPS) is 17.3. The van der Waals surface area contributed by atoms with Gasteiger partial charge in [0.25, 0.3) is 0 Å². The molecule has 0 spiro atoms. The van der Waals surface area contributed by atoms with E-state index in [1.165, 1.54) is 18.4 Å². The van der Waals surface area contributed by atoms with Crippen molar-refractivity contribution in [2.45, 2.75) is 30.2 Å². The summed E-state index contributed by atoms with van der Waals surface area (Å²) in [7, 11) is -2.19.